The van der Waals surface area contributed by atoms with E-state index >= 15 is 0 Å². The molecule has 0 N–H and O–H groups in total. The fraction of sp³-hybridized carbons (Fsp3) is 0.333. The maximum absolute atomic E-state index is 12.1. The number of rotatable bonds is 3. The molecule has 0 radical (unpaired) electrons. The van der Waals surface area contributed by atoms with Crippen LogP contribution in [0, 0.1) is 5.92 Å². The molecule has 94 valence electrons. The number of ketones is 1. The molecule has 0 bridgehead atoms. The van der Waals surface area contributed by atoms with Gasteiger partial charge in [0.05, 0.1) is 6.61 Å². The second kappa shape index (κ2) is 5.63. The zero-order chi connectivity index (χ0) is 13.0. The Morgan fingerprint density at radius 2 is 2.11 bits per heavy atom. The highest BCUT2D eigenvalue weighted by atomic mass is 16.5. The van der Waals surface area contributed by atoms with Gasteiger partial charge in [-0.05, 0) is 37.0 Å². The Hall–Kier alpha value is -1.90. The molecule has 1 unspecified atom stereocenters. The van der Waals surface area contributed by atoms with Crippen molar-refractivity contribution in [2.24, 2.45) is 5.92 Å². The van der Waals surface area contributed by atoms with E-state index in [1.165, 1.54) is 0 Å². The average molecular weight is 244 g/mol. The number of hydrogen-bond donors (Lipinski definition) is 0. The SMILES string of the molecule is CCOC(=O)C1CC/C(=C\c2ccccc2)C1=O. The van der Waals surface area contributed by atoms with Crippen molar-refractivity contribution < 1.29 is 14.3 Å². The van der Waals surface area contributed by atoms with Crippen LogP contribution in [0.3, 0.4) is 0 Å². The van der Waals surface area contributed by atoms with Gasteiger partial charge in [-0.2, -0.15) is 0 Å². The van der Waals surface area contributed by atoms with Crippen molar-refractivity contribution >= 4 is 17.8 Å². The summed E-state index contributed by atoms with van der Waals surface area (Å²) in [6.07, 6.45) is 3.08. The van der Waals surface area contributed by atoms with Crippen LogP contribution in [-0.4, -0.2) is 18.4 Å². The van der Waals surface area contributed by atoms with Crippen LogP contribution in [0.2, 0.25) is 0 Å². The third-order valence-electron chi connectivity index (χ3n) is 3.05. The standard InChI is InChI=1S/C15H16O3/c1-2-18-15(17)13-9-8-12(14(13)16)10-11-6-4-3-5-7-11/h3-7,10,13H,2,8-9H2,1H3/b12-10+. The average Bonchev–Trinajstić information content (AvgIpc) is 2.73. The normalized spacial score (nSPS) is 21.3. The molecule has 0 heterocycles. The molecule has 0 amide bonds. The first-order chi connectivity index (χ1) is 8.72. The summed E-state index contributed by atoms with van der Waals surface area (Å²) < 4.78 is 4.91. The molecule has 3 nitrogen and oxygen atoms in total. The predicted molar refractivity (Wildman–Crippen MR) is 68.8 cm³/mol. The van der Waals surface area contributed by atoms with E-state index in [1.54, 1.807) is 6.92 Å². The minimum Gasteiger partial charge on any atom is -0.465 e. The zero-order valence-corrected chi connectivity index (χ0v) is 10.4. The molecule has 18 heavy (non-hydrogen) atoms. The lowest BCUT2D eigenvalue weighted by atomic mass is 10.1. The van der Waals surface area contributed by atoms with Gasteiger partial charge in [-0.25, -0.2) is 0 Å². The van der Waals surface area contributed by atoms with Crippen LogP contribution in [0.4, 0.5) is 0 Å². The molecule has 0 aromatic heterocycles. The minimum atomic E-state index is -0.597. The van der Waals surface area contributed by atoms with Gasteiger partial charge in [0, 0.05) is 0 Å². The number of allylic oxidation sites excluding steroid dienone is 1. The van der Waals surface area contributed by atoms with Crippen LogP contribution in [-0.2, 0) is 14.3 Å². The van der Waals surface area contributed by atoms with Crippen molar-refractivity contribution in [1.82, 2.24) is 0 Å². The van der Waals surface area contributed by atoms with Crippen molar-refractivity contribution in [3.8, 4) is 0 Å². The van der Waals surface area contributed by atoms with Gasteiger partial charge in [0.15, 0.2) is 5.78 Å². The molecule has 1 aliphatic carbocycles. The minimum absolute atomic E-state index is 0.0858. The summed E-state index contributed by atoms with van der Waals surface area (Å²) >= 11 is 0. The Labute approximate surface area is 106 Å². The highest BCUT2D eigenvalue weighted by Gasteiger charge is 2.35. The van der Waals surface area contributed by atoms with Gasteiger partial charge in [-0.1, -0.05) is 30.3 Å². The highest BCUT2D eigenvalue weighted by molar-refractivity contribution is 6.12. The van der Waals surface area contributed by atoms with Crippen LogP contribution < -0.4 is 0 Å². The second-order valence-electron chi connectivity index (χ2n) is 4.29. The van der Waals surface area contributed by atoms with Crippen molar-refractivity contribution in [3.05, 3.63) is 41.5 Å². The topological polar surface area (TPSA) is 43.4 Å². The molecular weight excluding hydrogens is 228 g/mol. The second-order valence-corrected chi connectivity index (χ2v) is 4.29. The molecule has 1 aromatic rings. The van der Waals surface area contributed by atoms with E-state index in [0.29, 0.717) is 19.4 Å². The number of benzene rings is 1. The van der Waals surface area contributed by atoms with Gasteiger partial charge in [-0.3, -0.25) is 9.59 Å². The first kappa shape index (κ1) is 12.6. The van der Waals surface area contributed by atoms with Gasteiger partial charge in [0.1, 0.15) is 5.92 Å². The van der Waals surface area contributed by atoms with Gasteiger partial charge in [0.25, 0.3) is 0 Å². The Bertz CT molecular complexity index is 474. The highest BCUT2D eigenvalue weighted by Crippen LogP contribution is 2.29. The first-order valence-corrected chi connectivity index (χ1v) is 6.19. The van der Waals surface area contributed by atoms with Crippen LogP contribution in [0.15, 0.2) is 35.9 Å². The van der Waals surface area contributed by atoms with E-state index < -0.39 is 5.92 Å². The number of Topliss-reactive ketones (excluding diaryl/α,β-unsaturated/α-hetero) is 1. The van der Waals surface area contributed by atoms with Crippen LogP contribution in [0.1, 0.15) is 25.3 Å². The maximum Gasteiger partial charge on any atom is 0.316 e. The fourth-order valence-electron chi connectivity index (χ4n) is 2.14. The quantitative estimate of drug-likeness (QED) is 0.466. The van der Waals surface area contributed by atoms with Crippen molar-refractivity contribution in [3.63, 3.8) is 0 Å². The Kier molecular flexibility index (Phi) is 3.92. The van der Waals surface area contributed by atoms with E-state index in [9.17, 15) is 9.59 Å². The lowest BCUT2D eigenvalue weighted by Gasteiger charge is -2.05. The Morgan fingerprint density at radius 1 is 1.39 bits per heavy atom. The lowest BCUT2D eigenvalue weighted by molar-refractivity contribution is -0.150. The van der Waals surface area contributed by atoms with E-state index in [2.05, 4.69) is 0 Å². The van der Waals surface area contributed by atoms with Crippen molar-refractivity contribution in [2.45, 2.75) is 19.8 Å². The molecule has 1 aromatic carbocycles. The summed E-state index contributed by atoms with van der Waals surface area (Å²) in [6, 6.07) is 9.67. The van der Waals surface area contributed by atoms with E-state index in [0.717, 1.165) is 11.1 Å². The third-order valence-corrected chi connectivity index (χ3v) is 3.05. The van der Waals surface area contributed by atoms with Gasteiger partial charge >= 0.3 is 5.97 Å². The predicted octanol–water partition coefficient (Wildman–Crippen LogP) is 2.61. The maximum atomic E-state index is 12.1. The molecule has 2 rings (SSSR count). The van der Waals surface area contributed by atoms with Gasteiger partial charge < -0.3 is 4.74 Å². The molecule has 3 heteroatoms. The number of ether oxygens (including phenoxy) is 1. The largest absolute Gasteiger partial charge is 0.465 e. The van der Waals surface area contributed by atoms with Crippen molar-refractivity contribution in [1.29, 1.82) is 0 Å². The van der Waals surface area contributed by atoms with E-state index in [1.807, 2.05) is 36.4 Å². The molecular formula is C15H16O3. The monoisotopic (exact) mass is 244 g/mol. The summed E-state index contributed by atoms with van der Waals surface area (Å²) in [5.41, 5.74) is 1.71. The van der Waals surface area contributed by atoms with E-state index in [4.69, 9.17) is 4.74 Å². The smallest absolute Gasteiger partial charge is 0.316 e. The summed E-state index contributed by atoms with van der Waals surface area (Å²) in [5.74, 6) is -1.07. The third kappa shape index (κ3) is 2.67. The van der Waals surface area contributed by atoms with Crippen LogP contribution in [0.5, 0.6) is 0 Å². The van der Waals surface area contributed by atoms with E-state index in [-0.39, 0.29) is 11.8 Å². The molecule has 0 aliphatic heterocycles. The fourth-order valence-corrected chi connectivity index (χ4v) is 2.14. The summed E-state index contributed by atoms with van der Waals surface area (Å²) in [6.45, 7) is 2.07. The molecule has 1 aliphatic rings. The Balaban J connectivity index is 2.12. The first-order valence-electron chi connectivity index (χ1n) is 6.19. The number of carbonyl (C=O) groups is 2. The molecule has 1 fully saturated rings. The summed E-state index contributed by atoms with van der Waals surface area (Å²) in [5, 5.41) is 0. The molecule has 1 atom stereocenters. The van der Waals surface area contributed by atoms with Gasteiger partial charge in [0.2, 0.25) is 0 Å². The summed E-state index contributed by atoms with van der Waals surface area (Å²) in [7, 11) is 0. The summed E-state index contributed by atoms with van der Waals surface area (Å²) in [4.78, 5) is 23.6. The zero-order valence-electron chi connectivity index (χ0n) is 10.4. The Morgan fingerprint density at radius 3 is 2.78 bits per heavy atom. The van der Waals surface area contributed by atoms with Crippen molar-refractivity contribution in [2.75, 3.05) is 6.61 Å². The number of esters is 1. The molecule has 1 saturated carbocycles. The molecule has 0 saturated heterocycles. The number of carbonyl (C=O) groups excluding carboxylic acids is 2. The van der Waals surface area contributed by atoms with Crippen LogP contribution in [0.25, 0.3) is 6.08 Å². The van der Waals surface area contributed by atoms with Crippen LogP contribution >= 0.6 is 0 Å². The number of hydrogen-bond acceptors (Lipinski definition) is 3. The van der Waals surface area contributed by atoms with Gasteiger partial charge in [-0.15, -0.1) is 0 Å². The molecule has 0 spiro atoms. The lowest BCUT2D eigenvalue weighted by Crippen LogP contribution is -2.21.